The number of unbranched alkanes of at least 4 members (excludes halogenated alkanes) is 7. The summed E-state index contributed by atoms with van der Waals surface area (Å²) in [6, 6.07) is 21.2. The van der Waals surface area contributed by atoms with Gasteiger partial charge in [0.25, 0.3) is 0 Å². The number of carbonyl (C=O) groups excluding carboxylic acids is 3. The van der Waals surface area contributed by atoms with Crippen molar-refractivity contribution in [1.29, 1.82) is 0 Å². The van der Waals surface area contributed by atoms with Crippen molar-refractivity contribution in [1.82, 2.24) is 0 Å². The van der Waals surface area contributed by atoms with Crippen molar-refractivity contribution in [3.8, 4) is 11.5 Å². The molecule has 0 aromatic heterocycles. The van der Waals surface area contributed by atoms with Crippen LogP contribution in [0.2, 0.25) is 0 Å². The van der Waals surface area contributed by atoms with Crippen LogP contribution < -0.4 is 9.47 Å². The number of esters is 3. The van der Waals surface area contributed by atoms with E-state index in [1.165, 1.54) is 50.5 Å². The maximum Gasteiger partial charge on any atom is 0.343 e. The Hall–Kier alpha value is -3.84. The van der Waals surface area contributed by atoms with Gasteiger partial charge in [-0.1, -0.05) is 64.2 Å². The van der Waals surface area contributed by atoms with Crippen LogP contribution in [0.3, 0.4) is 0 Å². The number of hydrogen-bond donors (Lipinski definition) is 0. The van der Waals surface area contributed by atoms with Gasteiger partial charge in [0.1, 0.15) is 11.5 Å². The molecule has 234 valence electrons. The van der Waals surface area contributed by atoms with Crippen LogP contribution in [0.15, 0.2) is 89.8 Å². The van der Waals surface area contributed by atoms with Gasteiger partial charge >= 0.3 is 17.9 Å². The molecule has 0 aliphatic carbocycles. The summed E-state index contributed by atoms with van der Waals surface area (Å²) in [5.41, 5.74) is 2.45. The lowest BCUT2D eigenvalue weighted by atomic mass is 10.0. The standard InChI is InChI=1S/C37H44O6S/c1-4-5-6-7-8-9-10-13-29-14-20-32(21-15-29)42-36(39)30-16-22-33(23-17-30)43-37(40)31-18-24-34(25-19-31)44-27-12-11-26-41-35(38)28(2)3/h14-25H,2,4-13,26-27H2,1,3H3. The highest BCUT2D eigenvalue weighted by molar-refractivity contribution is 7.99. The molecular weight excluding hydrogens is 572 g/mol. The van der Waals surface area contributed by atoms with Crippen LogP contribution in [0.4, 0.5) is 0 Å². The van der Waals surface area contributed by atoms with Gasteiger partial charge in [-0.3, -0.25) is 0 Å². The Labute approximate surface area is 266 Å². The van der Waals surface area contributed by atoms with Crippen LogP contribution in [0.1, 0.15) is 97.9 Å². The molecule has 0 aliphatic rings. The number of aryl methyl sites for hydroxylation is 1. The molecule has 0 saturated heterocycles. The van der Waals surface area contributed by atoms with E-state index < -0.39 is 11.9 Å². The lowest BCUT2D eigenvalue weighted by Crippen LogP contribution is -2.10. The third-order valence-electron chi connectivity index (χ3n) is 6.98. The zero-order valence-electron chi connectivity index (χ0n) is 26.0. The number of benzene rings is 3. The Morgan fingerprint density at radius 2 is 1.18 bits per heavy atom. The van der Waals surface area contributed by atoms with Gasteiger partial charge in [0.05, 0.1) is 17.7 Å². The van der Waals surface area contributed by atoms with E-state index in [4.69, 9.17) is 14.2 Å². The number of ether oxygens (including phenoxy) is 3. The Morgan fingerprint density at radius 3 is 1.75 bits per heavy atom. The fraction of sp³-hybridized carbons (Fsp3) is 0.378. The third kappa shape index (κ3) is 12.8. The first-order valence-electron chi connectivity index (χ1n) is 15.5. The minimum atomic E-state index is -0.479. The molecule has 0 bridgehead atoms. The zero-order chi connectivity index (χ0) is 31.6. The van der Waals surface area contributed by atoms with Crippen molar-refractivity contribution < 1.29 is 28.6 Å². The lowest BCUT2D eigenvalue weighted by molar-refractivity contribution is -0.139. The second-order valence-corrected chi connectivity index (χ2v) is 12.0. The zero-order valence-corrected chi connectivity index (χ0v) is 26.8. The highest BCUT2D eigenvalue weighted by atomic mass is 32.2. The molecule has 0 spiro atoms. The molecule has 7 heteroatoms. The van der Waals surface area contributed by atoms with Crippen LogP contribution in [-0.2, 0) is 16.0 Å². The van der Waals surface area contributed by atoms with Crippen LogP contribution in [0, 0.1) is 0 Å². The van der Waals surface area contributed by atoms with E-state index in [0.717, 1.165) is 29.9 Å². The quantitative estimate of drug-likeness (QED) is 0.0436. The first-order chi connectivity index (χ1) is 21.4. The maximum absolute atomic E-state index is 12.6. The molecular formula is C37H44O6S. The highest BCUT2D eigenvalue weighted by Crippen LogP contribution is 2.22. The summed E-state index contributed by atoms with van der Waals surface area (Å²) in [7, 11) is 0. The SMILES string of the molecule is C=C(C)C(=O)OCCCCSc1ccc(C(=O)Oc2ccc(C(=O)Oc3ccc(CCCCCCCCC)cc3)cc2)cc1. The molecule has 44 heavy (non-hydrogen) atoms. The smallest absolute Gasteiger partial charge is 0.343 e. The van der Waals surface area contributed by atoms with Gasteiger partial charge in [0.2, 0.25) is 0 Å². The van der Waals surface area contributed by atoms with Crippen LogP contribution in [0.5, 0.6) is 11.5 Å². The largest absolute Gasteiger partial charge is 0.462 e. The normalized spacial score (nSPS) is 10.7. The summed E-state index contributed by atoms with van der Waals surface area (Å²) in [5, 5.41) is 0. The van der Waals surface area contributed by atoms with Crippen molar-refractivity contribution in [2.75, 3.05) is 12.4 Å². The lowest BCUT2D eigenvalue weighted by Gasteiger charge is -2.08. The maximum atomic E-state index is 12.6. The predicted molar refractivity (Wildman–Crippen MR) is 177 cm³/mol. The second kappa shape index (κ2) is 19.4. The van der Waals surface area contributed by atoms with Crippen LogP contribution in [-0.4, -0.2) is 30.3 Å². The molecule has 6 nitrogen and oxygen atoms in total. The second-order valence-electron chi connectivity index (χ2n) is 10.8. The molecule has 0 unspecified atom stereocenters. The fourth-order valence-corrected chi connectivity index (χ4v) is 5.28. The van der Waals surface area contributed by atoms with Crippen molar-refractivity contribution in [2.45, 2.75) is 83.0 Å². The molecule has 0 N–H and O–H groups in total. The number of thioether (sulfide) groups is 1. The van der Waals surface area contributed by atoms with E-state index >= 15 is 0 Å². The summed E-state index contributed by atoms with van der Waals surface area (Å²) in [5.74, 6) is 0.403. The van der Waals surface area contributed by atoms with E-state index in [0.29, 0.717) is 34.8 Å². The van der Waals surface area contributed by atoms with E-state index in [2.05, 4.69) is 13.5 Å². The summed E-state index contributed by atoms with van der Waals surface area (Å²) in [4.78, 5) is 37.7. The molecule has 3 aromatic carbocycles. The minimum absolute atomic E-state index is 0.340. The molecule has 0 radical (unpaired) electrons. The third-order valence-corrected chi connectivity index (χ3v) is 8.08. The first-order valence-corrected chi connectivity index (χ1v) is 16.5. The topological polar surface area (TPSA) is 78.9 Å². The summed E-state index contributed by atoms with van der Waals surface area (Å²) >= 11 is 1.67. The summed E-state index contributed by atoms with van der Waals surface area (Å²) < 4.78 is 16.1. The number of hydrogen-bond acceptors (Lipinski definition) is 7. The number of rotatable bonds is 19. The van der Waals surface area contributed by atoms with Gasteiger partial charge in [-0.2, -0.15) is 0 Å². The molecule has 3 rings (SSSR count). The van der Waals surface area contributed by atoms with Gasteiger partial charge in [0.15, 0.2) is 0 Å². The van der Waals surface area contributed by atoms with E-state index in [-0.39, 0.29) is 5.97 Å². The average Bonchev–Trinajstić information content (AvgIpc) is 3.03. The molecule has 0 amide bonds. The average molecular weight is 617 g/mol. The van der Waals surface area contributed by atoms with Crippen LogP contribution in [0.25, 0.3) is 0 Å². The van der Waals surface area contributed by atoms with E-state index in [9.17, 15) is 14.4 Å². The van der Waals surface area contributed by atoms with Gasteiger partial charge < -0.3 is 14.2 Å². The Balaban J connectivity index is 1.37. The van der Waals surface area contributed by atoms with E-state index in [1.807, 2.05) is 36.4 Å². The van der Waals surface area contributed by atoms with Crippen molar-refractivity contribution >= 4 is 29.7 Å². The molecule has 0 saturated carbocycles. The molecule has 0 heterocycles. The van der Waals surface area contributed by atoms with Gasteiger partial charge in [-0.25, -0.2) is 14.4 Å². The van der Waals surface area contributed by atoms with Gasteiger partial charge in [-0.05, 0) is 105 Å². The van der Waals surface area contributed by atoms with Crippen LogP contribution >= 0.6 is 11.8 Å². The molecule has 0 atom stereocenters. The molecule has 3 aromatic rings. The monoisotopic (exact) mass is 616 g/mol. The predicted octanol–water partition coefficient (Wildman–Crippen LogP) is 9.41. The summed E-state index contributed by atoms with van der Waals surface area (Å²) in [6.45, 7) is 7.81. The Morgan fingerprint density at radius 1 is 0.659 bits per heavy atom. The van der Waals surface area contributed by atoms with Crippen molar-refractivity contribution in [3.05, 3.63) is 102 Å². The van der Waals surface area contributed by atoms with Gasteiger partial charge in [-0.15, -0.1) is 11.8 Å². The van der Waals surface area contributed by atoms with Crippen molar-refractivity contribution in [2.24, 2.45) is 0 Å². The fourth-order valence-electron chi connectivity index (χ4n) is 4.37. The first kappa shape index (κ1) is 34.6. The highest BCUT2D eigenvalue weighted by Gasteiger charge is 2.12. The minimum Gasteiger partial charge on any atom is -0.462 e. The van der Waals surface area contributed by atoms with Crippen molar-refractivity contribution in [3.63, 3.8) is 0 Å². The Bertz CT molecular complexity index is 1330. The molecule has 0 fully saturated rings. The number of carbonyl (C=O) groups is 3. The Kier molecular flexibility index (Phi) is 15.3. The molecule has 0 aliphatic heterocycles. The van der Waals surface area contributed by atoms with E-state index in [1.54, 1.807) is 55.1 Å². The van der Waals surface area contributed by atoms with Gasteiger partial charge in [0, 0.05) is 10.5 Å². The summed E-state index contributed by atoms with van der Waals surface area (Å²) in [6.07, 6.45) is 11.7.